The van der Waals surface area contributed by atoms with Gasteiger partial charge in [0.2, 0.25) is 5.91 Å². The zero-order valence-electron chi connectivity index (χ0n) is 9.03. The maximum Gasteiger partial charge on any atom is 0.254 e. The fourth-order valence-corrected chi connectivity index (χ4v) is 1.43. The van der Waals surface area contributed by atoms with Crippen LogP contribution in [0.25, 0.3) is 0 Å². The maximum absolute atomic E-state index is 11.7. The minimum atomic E-state index is -1.15. The Morgan fingerprint density at radius 2 is 1.80 bits per heavy atom. The van der Waals surface area contributed by atoms with Gasteiger partial charge in [-0.15, -0.1) is 0 Å². The van der Waals surface area contributed by atoms with E-state index in [4.69, 9.17) is 0 Å². The molecule has 0 aromatic rings. The molecule has 0 aromatic carbocycles. The van der Waals surface area contributed by atoms with Crippen LogP contribution >= 0.6 is 0 Å². The first-order chi connectivity index (χ1) is 6.91. The van der Waals surface area contributed by atoms with Gasteiger partial charge in [-0.25, -0.2) is 0 Å². The first-order valence-electron chi connectivity index (χ1n) is 4.75. The molecule has 15 heavy (non-hydrogen) atoms. The van der Waals surface area contributed by atoms with Gasteiger partial charge in [-0.2, -0.15) is 0 Å². The highest BCUT2D eigenvalue weighted by atomic mass is 16.2. The smallest absolute Gasteiger partial charge is 0.254 e. The van der Waals surface area contributed by atoms with Crippen molar-refractivity contribution in [3.05, 3.63) is 12.2 Å². The Balaban J connectivity index is 2.91. The lowest BCUT2D eigenvalue weighted by atomic mass is 10.0. The molecule has 5 nitrogen and oxygen atoms in total. The highest BCUT2D eigenvalue weighted by Crippen LogP contribution is 2.19. The molecule has 0 aromatic heterocycles. The van der Waals surface area contributed by atoms with Crippen LogP contribution in [-0.2, 0) is 14.4 Å². The molecule has 0 bridgehead atoms. The fraction of sp³-hybridized carbons (Fsp3) is 0.500. The molecule has 0 atom stereocenters. The minimum Gasteiger partial charge on any atom is -0.354 e. The molecular weight excluding hydrogens is 196 g/mol. The van der Waals surface area contributed by atoms with Crippen molar-refractivity contribution >= 4 is 17.7 Å². The number of carbonyl (C=O) groups is 3. The van der Waals surface area contributed by atoms with Gasteiger partial charge in [0.25, 0.3) is 11.8 Å². The van der Waals surface area contributed by atoms with Crippen molar-refractivity contribution < 1.29 is 14.4 Å². The summed E-state index contributed by atoms with van der Waals surface area (Å²) in [6.07, 6.45) is 2.34. The zero-order valence-corrected chi connectivity index (χ0v) is 9.03. The lowest BCUT2D eigenvalue weighted by molar-refractivity contribution is -0.150. The van der Waals surface area contributed by atoms with Gasteiger partial charge in [-0.05, 0) is 20.8 Å². The molecule has 1 N–H and O–H groups in total. The molecule has 0 radical (unpaired) electrons. The summed E-state index contributed by atoms with van der Waals surface area (Å²) in [6, 6.07) is 0. The number of amides is 3. The molecule has 3 amide bonds. The van der Waals surface area contributed by atoms with E-state index in [1.807, 2.05) is 0 Å². The molecule has 0 aliphatic carbocycles. The molecule has 5 heteroatoms. The Bertz CT molecular complexity index is 327. The molecule has 1 aliphatic rings. The third-order valence-corrected chi connectivity index (χ3v) is 2.26. The van der Waals surface area contributed by atoms with E-state index in [2.05, 4.69) is 5.32 Å². The highest BCUT2D eigenvalue weighted by molar-refractivity contribution is 6.15. The lowest BCUT2D eigenvalue weighted by Gasteiger charge is -2.32. The Hall–Kier alpha value is -1.65. The lowest BCUT2D eigenvalue weighted by Crippen LogP contribution is -2.57. The van der Waals surface area contributed by atoms with Crippen molar-refractivity contribution in [3.8, 4) is 0 Å². The monoisotopic (exact) mass is 210 g/mol. The predicted octanol–water partition coefficient (Wildman–Crippen LogP) is -0.174. The summed E-state index contributed by atoms with van der Waals surface area (Å²) in [5, 5.41) is 2.59. The van der Waals surface area contributed by atoms with Gasteiger partial charge in [0.1, 0.15) is 5.54 Å². The van der Waals surface area contributed by atoms with Gasteiger partial charge in [0, 0.05) is 18.7 Å². The zero-order chi connectivity index (χ0) is 11.6. The topological polar surface area (TPSA) is 66.5 Å². The highest BCUT2D eigenvalue weighted by Gasteiger charge is 2.42. The Kier molecular flexibility index (Phi) is 2.93. The second-order valence-electron chi connectivity index (χ2n) is 3.76. The van der Waals surface area contributed by atoms with Crippen LogP contribution in [0.1, 0.15) is 20.8 Å². The van der Waals surface area contributed by atoms with E-state index >= 15 is 0 Å². The van der Waals surface area contributed by atoms with Crippen molar-refractivity contribution in [1.82, 2.24) is 10.2 Å². The SMILES string of the molecule is CCNC(=O)C(C)(C)N1C(=O)C=CC1=O. The van der Waals surface area contributed by atoms with E-state index in [-0.39, 0.29) is 5.91 Å². The number of nitrogens with zero attached hydrogens (tertiary/aromatic N) is 1. The van der Waals surface area contributed by atoms with E-state index in [1.54, 1.807) is 20.8 Å². The maximum atomic E-state index is 11.7. The predicted molar refractivity (Wildman–Crippen MR) is 53.8 cm³/mol. The van der Waals surface area contributed by atoms with Crippen LogP contribution in [-0.4, -0.2) is 34.7 Å². The number of imide groups is 1. The second-order valence-corrected chi connectivity index (χ2v) is 3.76. The first kappa shape index (κ1) is 11.4. The van der Waals surface area contributed by atoms with Crippen molar-refractivity contribution in [2.45, 2.75) is 26.3 Å². The van der Waals surface area contributed by atoms with Crippen LogP contribution in [0.5, 0.6) is 0 Å². The van der Waals surface area contributed by atoms with Crippen molar-refractivity contribution in [2.24, 2.45) is 0 Å². The molecule has 1 rings (SSSR count). The van der Waals surface area contributed by atoms with Gasteiger partial charge in [-0.3, -0.25) is 19.3 Å². The first-order valence-corrected chi connectivity index (χ1v) is 4.75. The third-order valence-electron chi connectivity index (χ3n) is 2.26. The summed E-state index contributed by atoms with van der Waals surface area (Å²) in [5.74, 6) is -1.23. The summed E-state index contributed by atoms with van der Waals surface area (Å²) >= 11 is 0. The second kappa shape index (κ2) is 3.84. The Morgan fingerprint density at radius 3 is 2.20 bits per heavy atom. The molecule has 0 fully saturated rings. The number of likely N-dealkylation sites (N-methyl/N-ethyl adjacent to an activating group) is 1. The number of rotatable bonds is 3. The van der Waals surface area contributed by atoms with E-state index < -0.39 is 17.4 Å². The van der Waals surface area contributed by atoms with Gasteiger partial charge < -0.3 is 5.32 Å². The van der Waals surface area contributed by atoms with Crippen LogP contribution < -0.4 is 5.32 Å². The van der Waals surface area contributed by atoms with Crippen LogP contribution in [0.3, 0.4) is 0 Å². The van der Waals surface area contributed by atoms with Crippen LogP contribution in [0.15, 0.2) is 12.2 Å². The van der Waals surface area contributed by atoms with Crippen molar-refractivity contribution in [3.63, 3.8) is 0 Å². The largest absolute Gasteiger partial charge is 0.354 e. The molecule has 0 spiro atoms. The summed E-state index contributed by atoms with van der Waals surface area (Å²) in [4.78, 5) is 35.4. The molecule has 0 unspecified atom stereocenters. The van der Waals surface area contributed by atoms with Crippen molar-refractivity contribution in [2.75, 3.05) is 6.54 Å². The van der Waals surface area contributed by atoms with Crippen LogP contribution in [0.4, 0.5) is 0 Å². The summed E-state index contributed by atoms with van der Waals surface area (Å²) in [6.45, 7) is 5.33. The normalized spacial score (nSPS) is 16.1. The van der Waals surface area contributed by atoms with E-state index in [9.17, 15) is 14.4 Å². The van der Waals surface area contributed by atoms with Gasteiger partial charge in [-0.1, -0.05) is 0 Å². The molecule has 0 saturated heterocycles. The third kappa shape index (κ3) is 1.91. The number of hydrogen-bond donors (Lipinski definition) is 1. The van der Waals surface area contributed by atoms with E-state index in [1.165, 1.54) is 12.2 Å². The molecule has 82 valence electrons. The van der Waals surface area contributed by atoms with Crippen LogP contribution in [0.2, 0.25) is 0 Å². The van der Waals surface area contributed by atoms with Gasteiger partial charge in [0.05, 0.1) is 0 Å². The fourth-order valence-electron chi connectivity index (χ4n) is 1.43. The van der Waals surface area contributed by atoms with E-state index in [0.717, 1.165) is 4.90 Å². The quantitative estimate of drug-likeness (QED) is 0.657. The van der Waals surface area contributed by atoms with Crippen molar-refractivity contribution in [1.29, 1.82) is 0 Å². The molecule has 1 heterocycles. The average molecular weight is 210 g/mol. The molecular formula is C10H14N2O3. The molecule has 0 saturated carbocycles. The summed E-state index contributed by atoms with van der Waals surface area (Å²) in [7, 11) is 0. The summed E-state index contributed by atoms with van der Waals surface area (Å²) < 4.78 is 0. The number of carbonyl (C=O) groups excluding carboxylic acids is 3. The Morgan fingerprint density at radius 1 is 1.33 bits per heavy atom. The van der Waals surface area contributed by atoms with Gasteiger partial charge >= 0.3 is 0 Å². The molecule has 1 aliphatic heterocycles. The summed E-state index contributed by atoms with van der Waals surface area (Å²) in [5.41, 5.74) is -1.15. The van der Waals surface area contributed by atoms with E-state index in [0.29, 0.717) is 6.54 Å². The standard InChI is InChI=1S/C10H14N2O3/c1-4-11-9(15)10(2,3)12-7(13)5-6-8(12)14/h5-6H,4H2,1-3H3,(H,11,15). The van der Waals surface area contributed by atoms with Gasteiger partial charge in [0.15, 0.2) is 0 Å². The number of hydrogen-bond acceptors (Lipinski definition) is 3. The average Bonchev–Trinajstić information content (AvgIpc) is 2.46. The minimum absolute atomic E-state index is 0.338. The van der Waals surface area contributed by atoms with Crippen LogP contribution in [0, 0.1) is 0 Å². The number of nitrogens with one attached hydrogen (secondary N) is 1. The Labute approximate surface area is 88.1 Å².